The summed E-state index contributed by atoms with van der Waals surface area (Å²) in [7, 11) is 0. The first-order valence-corrected chi connectivity index (χ1v) is 13.1. The van der Waals surface area contributed by atoms with Crippen molar-refractivity contribution < 1.29 is 4.79 Å². The van der Waals surface area contributed by atoms with E-state index >= 15 is 0 Å². The van der Waals surface area contributed by atoms with Gasteiger partial charge in [0.2, 0.25) is 5.91 Å². The Labute approximate surface area is 194 Å². The number of benzene rings is 1. The van der Waals surface area contributed by atoms with Crippen molar-refractivity contribution in [3.05, 3.63) is 61.5 Å². The molecule has 1 aliphatic carbocycles. The second-order valence-electron chi connectivity index (χ2n) is 8.22. The van der Waals surface area contributed by atoms with Gasteiger partial charge in [0.05, 0.1) is 16.9 Å². The Morgan fingerprint density at radius 3 is 3.03 bits per heavy atom. The third-order valence-electron chi connectivity index (χ3n) is 6.20. The molecule has 1 aliphatic heterocycles. The molecule has 1 saturated heterocycles. The maximum atomic E-state index is 12.9. The molecule has 0 spiro atoms. The lowest BCUT2D eigenvalue weighted by atomic mass is 10.0. The maximum absolute atomic E-state index is 12.9. The maximum Gasteiger partial charge on any atom is 0.259 e. The highest BCUT2D eigenvalue weighted by Gasteiger charge is 2.29. The number of amides is 1. The number of nitrogens with zero attached hydrogens (tertiary/aromatic N) is 2. The number of H-pyrrole nitrogens is 1. The number of carbonyl (C=O) groups excluding carboxylic acids is 1. The van der Waals surface area contributed by atoms with E-state index in [-0.39, 0.29) is 17.5 Å². The topological polar surface area (TPSA) is 66.1 Å². The van der Waals surface area contributed by atoms with Gasteiger partial charge < -0.3 is 9.88 Å². The van der Waals surface area contributed by atoms with Gasteiger partial charge in [-0.05, 0) is 55.7 Å². The van der Waals surface area contributed by atoms with E-state index in [0.717, 1.165) is 65.9 Å². The highest BCUT2D eigenvalue weighted by molar-refractivity contribution is 7.99. The van der Waals surface area contributed by atoms with Gasteiger partial charge in [-0.2, -0.15) is 0 Å². The lowest BCUT2D eigenvalue weighted by Crippen LogP contribution is -2.38. The van der Waals surface area contributed by atoms with Gasteiger partial charge in [0.15, 0.2) is 0 Å². The zero-order chi connectivity index (χ0) is 21.4. The van der Waals surface area contributed by atoms with Crippen molar-refractivity contribution in [2.24, 2.45) is 0 Å². The van der Waals surface area contributed by atoms with Crippen LogP contribution in [0.5, 0.6) is 0 Å². The zero-order valence-electron chi connectivity index (χ0n) is 17.2. The van der Waals surface area contributed by atoms with Crippen LogP contribution >= 0.6 is 34.7 Å². The fourth-order valence-corrected chi connectivity index (χ4v) is 6.99. The summed E-state index contributed by atoms with van der Waals surface area (Å²) in [4.78, 5) is 37.2. The third-order valence-corrected chi connectivity index (χ3v) is 8.68. The summed E-state index contributed by atoms with van der Waals surface area (Å²) in [5.41, 5.74) is 2.26. The van der Waals surface area contributed by atoms with Crippen LogP contribution in [0.2, 0.25) is 5.02 Å². The molecule has 0 bridgehead atoms. The van der Waals surface area contributed by atoms with E-state index in [9.17, 15) is 9.59 Å². The second kappa shape index (κ2) is 8.96. The molecule has 3 heterocycles. The molecule has 5 rings (SSSR count). The van der Waals surface area contributed by atoms with Crippen LogP contribution in [0, 0.1) is 0 Å². The van der Waals surface area contributed by atoms with E-state index in [0.29, 0.717) is 17.3 Å². The first-order chi connectivity index (χ1) is 15.1. The van der Waals surface area contributed by atoms with Crippen LogP contribution in [0.1, 0.15) is 41.1 Å². The summed E-state index contributed by atoms with van der Waals surface area (Å²) < 4.78 is 0. The first-order valence-electron chi connectivity index (χ1n) is 10.7. The first kappa shape index (κ1) is 21.0. The SMILES string of the molecule is O=C(CSCc1nc2sc3c(c2c(=O)[nH]1)CCC3)N1CCCC1Cc1ccccc1Cl. The lowest BCUT2D eigenvalue weighted by molar-refractivity contribution is -0.129. The van der Waals surface area contributed by atoms with Crippen LogP contribution in [0.25, 0.3) is 10.2 Å². The van der Waals surface area contributed by atoms with Gasteiger partial charge >= 0.3 is 0 Å². The summed E-state index contributed by atoms with van der Waals surface area (Å²) in [6.45, 7) is 0.802. The molecule has 5 nitrogen and oxygen atoms in total. The lowest BCUT2D eigenvalue weighted by Gasteiger charge is -2.25. The Hall–Kier alpha value is -1.83. The molecule has 1 N–H and O–H groups in total. The van der Waals surface area contributed by atoms with Crippen molar-refractivity contribution >= 4 is 50.8 Å². The van der Waals surface area contributed by atoms with Crippen LogP contribution in [0.4, 0.5) is 0 Å². The fourth-order valence-electron chi connectivity index (χ4n) is 4.73. The minimum Gasteiger partial charge on any atom is -0.339 e. The molecule has 162 valence electrons. The highest BCUT2D eigenvalue weighted by Crippen LogP contribution is 2.34. The number of halogens is 1. The number of hydrogen-bond donors (Lipinski definition) is 1. The number of aromatic nitrogens is 2. The molecule has 0 saturated carbocycles. The average Bonchev–Trinajstić information content (AvgIpc) is 3.45. The summed E-state index contributed by atoms with van der Waals surface area (Å²) in [6.07, 6.45) is 6.00. The second-order valence-corrected chi connectivity index (χ2v) is 10.7. The summed E-state index contributed by atoms with van der Waals surface area (Å²) in [6, 6.07) is 8.07. The van der Waals surface area contributed by atoms with Crippen LogP contribution in [0.3, 0.4) is 0 Å². The Kier molecular flexibility index (Phi) is 6.08. The number of aryl methyl sites for hydroxylation is 2. The smallest absolute Gasteiger partial charge is 0.259 e. The largest absolute Gasteiger partial charge is 0.339 e. The van der Waals surface area contributed by atoms with Crippen molar-refractivity contribution in [1.82, 2.24) is 14.9 Å². The Balaban J connectivity index is 1.21. The number of fused-ring (bicyclic) bond motifs is 3. The molecule has 8 heteroatoms. The van der Waals surface area contributed by atoms with Gasteiger partial charge in [-0.15, -0.1) is 23.1 Å². The number of thioether (sulfide) groups is 1. The zero-order valence-corrected chi connectivity index (χ0v) is 19.5. The predicted octanol–water partition coefficient (Wildman–Crippen LogP) is 4.59. The molecular formula is C23H24ClN3O2S2. The van der Waals surface area contributed by atoms with Crippen LogP contribution in [0.15, 0.2) is 29.1 Å². The monoisotopic (exact) mass is 473 g/mol. The Morgan fingerprint density at radius 1 is 1.29 bits per heavy atom. The van der Waals surface area contributed by atoms with Crippen molar-refractivity contribution in [2.45, 2.75) is 50.3 Å². The Bertz CT molecular complexity index is 1190. The van der Waals surface area contributed by atoms with E-state index in [2.05, 4.69) is 9.97 Å². The van der Waals surface area contributed by atoms with Crippen molar-refractivity contribution in [2.75, 3.05) is 12.3 Å². The number of likely N-dealkylation sites (tertiary alicyclic amines) is 1. The van der Waals surface area contributed by atoms with Gasteiger partial charge in [0.25, 0.3) is 5.56 Å². The minimum atomic E-state index is -0.0364. The molecule has 31 heavy (non-hydrogen) atoms. The van der Waals surface area contributed by atoms with E-state index in [4.69, 9.17) is 11.6 Å². The van der Waals surface area contributed by atoms with E-state index in [1.165, 1.54) is 22.2 Å². The molecule has 1 atom stereocenters. The molecule has 2 aromatic heterocycles. The Morgan fingerprint density at radius 2 is 2.16 bits per heavy atom. The minimum absolute atomic E-state index is 0.0364. The van der Waals surface area contributed by atoms with Crippen molar-refractivity contribution in [1.29, 1.82) is 0 Å². The molecule has 1 unspecified atom stereocenters. The highest BCUT2D eigenvalue weighted by atomic mass is 35.5. The number of carbonyl (C=O) groups is 1. The molecule has 1 amide bonds. The molecule has 2 aliphatic rings. The van der Waals surface area contributed by atoms with Gasteiger partial charge in [-0.3, -0.25) is 9.59 Å². The summed E-state index contributed by atoms with van der Waals surface area (Å²) in [5, 5.41) is 1.54. The molecule has 3 aromatic rings. The number of nitrogens with one attached hydrogen (secondary N) is 1. The number of thiophene rings is 1. The van der Waals surface area contributed by atoms with Crippen LogP contribution in [-0.2, 0) is 29.8 Å². The van der Waals surface area contributed by atoms with E-state index < -0.39 is 0 Å². The standard InChI is InChI=1S/C23H24ClN3O2S2/c24-17-8-2-1-5-14(17)11-15-6-4-10-27(15)20(28)13-30-12-19-25-22(29)21-16-7-3-9-18(16)31-23(21)26-19/h1-2,5,8,15H,3-4,6-7,9-13H2,(H,25,26,29). The van der Waals surface area contributed by atoms with Gasteiger partial charge in [0.1, 0.15) is 10.7 Å². The summed E-state index contributed by atoms with van der Waals surface area (Å²) in [5.74, 6) is 1.73. The average molecular weight is 474 g/mol. The summed E-state index contributed by atoms with van der Waals surface area (Å²) >= 11 is 9.48. The van der Waals surface area contributed by atoms with E-state index in [1.54, 1.807) is 11.3 Å². The molecule has 1 fully saturated rings. The normalized spacial score (nSPS) is 18.1. The third kappa shape index (κ3) is 4.28. The van der Waals surface area contributed by atoms with Gasteiger partial charge in [-0.1, -0.05) is 29.8 Å². The van der Waals surface area contributed by atoms with Crippen LogP contribution < -0.4 is 5.56 Å². The van der Waals surface area contributed by atoms with E-state index in [1.807, 2.05) is 29.2 Å². The van der Waals surface area contributed by atoms with Gasteiger partial charge in [0, 0.05) is 22.5 Å². The number of rotatable bonds is 6. The van der Waals surface area contributed by atoms with Gasteiger partial charge in [-0.25, -0.2) is 4.98 Å². The molecular weight excluding hydrogens is 450 g/mol. The van der Waals surface area contributed by atoms with Crippen molar-refractivity contribution in [3.63, 3.8) is 0 Å². The molecule has 1 aromatic carbocycles. The van der Waals surface area contributed by atoms with Crippen LogP contribution in [-0.4, -0.2) is 39.1 Å². The quantitative estimate of drug-likeness (QED) is 0.568. The predicted molar refractivity (Wildman–Crippen MR) is 128 cm³/mol. The number of aromatic amines is 1. The number of hydrogen-bond acceptors (Lipinski definition) is 5. The van der Waals surface area contributed by atoms with Crippen molar-refractivity contribution in [3.8, 4) is 0 Å². The molecule has 0 radical (unpaired) electrons. The fraction of sp³-hybridized carbons (Fsp3) is 0.435.